The molecule has 1 N–H and O–H groups in total. The van der Waals surface area contributed by atoms with Crippen molar-refractivity contribution in [3.8, 4) is 11.5 Å². The maximum atomic E-state index is 12.5. The van der Waals surface area contributed by atoms with Gasteiger partial charge in [-0.05, 0) is 36.8 Å². The summed E-state index contributed by atoms with van der Waals surface area (Å²) in [5.41, 5.74) is 2.68. The van der Waals surface area contributed by atoms with Crippen molar-refractivity contribution in [2.45, 2.75) is 13.3 Å². The largest absolute Gasteiger partial charge is 0.493 e. The highest BCUT2D eigenvalue weighted by molar-refractivity contribution is 6.14. The van der Waals surface area contributed by atoms with Gasteiger partial charge < -0.3 is 14.8 Å². The normalized spacial score (nSPS) is 20.0. The third-order valence-corrected chi connectivity index (χ3v) is 4.35. The molecular formula is C20H20N2O4. The molecule has 1 aliphatic heterocycles. The molecule has 1 aromatic carbocycles. The number of allylic oxidation sites excluding steroid dienone is 3. The third-order valence-electron chi connectivity index (χ3n) is 4.35. The summed E-state index contributed by atoms with van der Waals surface area (Å²) in [7, 11) is 3.05. The predicted octanol–water partition coefficient (Wildman–Crippen LogP) is 2.82. The number of rotatable bonds is 4. The van der Waals surface area contributed by atoms with Crippen molar-refractivity contribution < 1.29 is 19.1 Å². The van der Waals surface area contributed by atoms with Crippen molar-refractivity contribution >= 4 is 17.5 Å². The first-order chi connectivity index (χ1) is 12.5. The Bertz CT molecular complexity index is 878. The summed E-state index contributed by atoms with van der Waals surface area (Å²) in [5.74, 6) is 0.504. The van der Waals surface area contributed by atoms with Gasteiger partial charge in [-0.3, -0.25) is 9.59 Å². The Kier molecular flexibility index (Phi) is 5.02. The lowest BCUT2D eigenvalue weighted by Crippen LogP contribution is -2.33. The summed E-state index contributed by atoms with van der Waals surface area (Å²) >= 11 is 0. The quantitative estimate of drug-likeness (QED) is 0.904. The zero-order chi connectivity index (χ0) is 18.7. The van der Waals surface area contributed by atoms with Crippen molar-refractivity contribution in [1.29, 1.82) is 0 Å². The van der Waals surface area contributed by atoms with Crippen LogP contribution in [0, 0.1) is 5.92 Å². The molecule has 1 aliphatic carbocycles. The minimum atomic E-state index is -0.394. The van der Waals surface area contributed by atoms with Crippen LogP contribution in [0.5, 0.6) is 11.5 Å². The second kappa shape index (κ2) is 7.39. The molecule has 0 aromatic heterocycles. The van der Waals surface area contributed by atoms with Crippen molar-refractivity contribution in [3.63, 3.8) is 0 Å². The third kappa shape index (κ3) is 3.44. The standard InChI is InChI=1S/C20H20N2O4/c1-4-12-10-19(23)22-16-11-14(6-7-15(12)16)21-20(24)13-5-8-17(25-2)18(9-13)26-3/h5-11,15H,4H2,1-3H3,(H,22,23). The average Bonchev–Trinajstić information content (AvgIpc) is 2.66. The number of hydrogen-bond donors (Lipinski definition) is 1. The van der Waals surface area contributed by atoms with E-state index in [1.54, 1.807) is 36.4 Å². The van der Waals surface area contributed by atoms with Crippen LogP contribution >= 0.6 is 0 Å². The lowest BCUT2D eigenvalue weighted by molar-refractivity contribution is -0.116. The van der Waals surface area contributed by atoms with E-state index in [0.29, 0.717) is 22.8 Å². The van der Waals surface area contributed by atoms with Crippen LogP contribution in [-0.4, -0.2) is 31.7 Å². The Balaban J connectivity index is 1.86. The van der Waals surface area contributed by atoms with Crippen LogP contribution in [-0.2, 0) is 4.79 Å². The number of carbonyl (C=O) groups is 2. The fourth-order valence-electron chi connectivity index (χ4n) is 3.01. The molecule has 1 atom stereocenters. The monoisotopic (exact) mass is 352 g/mol. The number of carbonyl (C=O) groups excluding carboxylic acids is 2. The van der Waals surface area contributed by atoms with Gasteiger partial charge in [-0.2, -0.15) is 0 Å². The first-order valence-corrected chi connectivity index (χ1v) is 8.32. The van der Waals surface area contributed by atoms with E-state index in [1.807, 2.05) is 13.0 Å². The Hall–Kier alpha value is -3.15. The average molecular weight is 352 g/mol. The summed E-state index contributed by atoms with van der Waals surface area (Å²) in [5, 5.41) is 2.82. The van der Waals surface area contributed by atoms with E-state index in [4.69, 9.17) is 9.47 Å². The highest BCUT2D eigenvalue weighted by atomic mass is 16.5. The van der Waals surface area contributed by atoms with Crippen LogP contribution < -0.4 is 14.8 Å². The molecular weight excluding hydrogens is 332 g/mol. The fraction of sp³-hybridized carbons (Fsp3) is 0.250. The van der Waals surface area contributed by atoms with Gasteiger partial charge in [0.1, 0.15) is 0 Å². The maximum Gasteiger partial charge on any atom is 0.277 e. The molecule has 0 radical (unpaired) electrons. The lowest BCUT2D eigenvalue weighted by Gasteiger charge is -2.26. The van der Waals surface area contributed by atoms with Crippen LogP contribution in [0.4, 0.5) is 0 Å². The van der Waals surface area contributed by atoms with Crippen LogP contribution in [0.3, 0.4) is 0 Å². The van der Waals surface area contributed by atoms with Gasteiger partial charge in [0.05, 0.1) is 19.9 Å². The molecule has 0 fully saturated rings. The van der Waals surface area contributed by atoms with E-state index in [9.17, 15) is 9.59 Å². The highest BCUT2D eigenvalue weighted by Crippen LogP contribution is 2.30. The van der Waals surface area contributed by atoms with Crippen LogP contribution in [0.15, 0.2) is 58.8 Å². The molecule has 6 heteroatoms. The zero-order valence-electron chi connectivity index (χ0n) is 14.9. The number of nitrogens with zero attached hydrogens (tertiary/aromatic N) is 1. The van der Waals surface area contributed by atoms with E-state index in [2.05, 4.69) is 10.3 Å². The van der Waals surface area contributed by atoms with Gasteiger partial charge in [-0.15, -0.1) is 0 Å². The molecule has 0 spiro atoms. The summed E-state index contributed by atoms with van der Waals surface area (Å²) in [6.07, 6.45) is 7.91. The smallest absolute Gasteiger partial charge is 0.277 e. The Labute approximate surface area is 151 Å². The van der Waals surface area contributed by atoms with Crippen molar-refractivity contribution in [2.24, 2.45) is 10.9 Å². The Morgan fingerprint density at radius 2 is 1.96 bits per heavy atom. The summed E-state index contributed by atoms with van der Waals surface area (Å²) in [4.78, 5) is 28.4. The predicted molar refractivity (Wildman–Crippen MR) is 98.5 cm³/mol. The SMILES string of the molecule is CCC1=CC(=O)NC2=CC(=NC(=O)c3ccc(OC)c(OC)c3)C=CC12. The zero-order valence-corrected chi connectivity index (χ0v) is 14.9. The number of hydrogen-bond acceptors (Lipinski definition) is 4. The number of nitrogens with one attached hydrogen (secondary N) is 1. The Morgan fingerprint density at radius 3 is 2.65 bits per heavy atom. The molecule has 0 saturated carbocycles. The first-order valence-electron chi connectivity index (χ1n) is 8.32. The van der Waals surface area contributed by atoms with E-state index >= 15 is 0 Å². The number of fused-ring (bicyclic) bond motifs is 1. The number of ether oxygens (including phenoxy) is 2. The van der Waals surface area contributed by atoms with Gasteiger partial charge in [0.2, 0.25) is 5.91 Å². The van der Waals surface area contributed by atoms with Crippen LogP contribution in [0.2, 0.25) is 0 Å². The molecule has 0 bridgehead atoms. The number of methoxy groups -OCH3 is 2. The molecule has 6 nitrogen and oxygen atoms in total. The summed E-state index contributed by atoms with van der Waals surface area (Å²) in [6, 6.07) is 4.89. The van der Waals surface area contributed by atoms with Crippen molar-refractivity contribution in [2.75, 3.05) is 14.2 Å². The number of benzene rings is 1. The summed E-state index contributed by atoms with van der Waals surface area (Å²) in [6.45, 7) is 2.01. The molecule has 2 aliphatic rings. The molecule has 0 saturated heterocycles. The minimum Gasteiger partial charge on any atom is -0.493 e. The minimum absolute atomic E-state index is 0.0350. The molecule has 1 heterocycles. The van der Waals surface area contributed by atoms with Gasteiger partial charge >= 0.3 is 0 Å². The first kappa shape index (κ1) is 17.7. The van der Waals surface area contributed by atoms with Crippen molar-refractivity contribution in [3.05, 3.63) is 59.3 Å². The second-order valence-electron chi connectivity index (χ2n) is 5.91. The van der Waals surface area contributed by atoms with Gasteiger partial charge in [-0.25, -0.2) is 4.99 Å². The summed E-state index contributed by atoms with van der Waals surface area (Å²) < 4.78 is 10.4. The van der Waals surface area contributed by atoms with E-state index in [-0.39, 0.29) is 11.8 Å². The van der Waals surface area contributed by atoms with Gasteiger partial charge in [0.25, 0.3) is 5.91 Å². The second-order valence-corrected chi connectivity index (χ2v) is 5.91. The molecule has 1 aromatic rings. The fourth-order valence-corrected chi connectivity index (χ4v) is 3.01. The number of aliphatic imine (C=N–C) groups is 1. The lowest BCUT2D eigenvalue weighted by atomic mass is 9.86. The molecule has 2 amide bonds. The highest BCUT2D eigenvalue weighted by Gasteiger charge is 2.25. The van der Waals surface area contributed by atoms with Crippen LogP contribution in [0.1, 0.15) is 23.7 Å². The molecule has 3 rings (SSSR count). The molecule has 134 valence electrons. The molecule has 26 heavy (non-hydrogen) atoms. The van der Waals surface area contributed by atoms with Crippen LogP contribution in [0.25, 0.3) is 0 Å². The Morgan fingerprint density at radius 1 is 1.19 bits per heavy atom. The van der Waals surface area contributed by atoms with Gasteiger partial charge in [-0.1, -0.05) is 18.6 Å². The van der Waals surface area contributed by atoms with E-state index in [0.717, 1.165) is 17.7 Å². The van der Waals surface area contributed by atoms with E-state index < -0.39 is 5.91 Å². The molecule has 1 unspecified atom stereocenters. The number of amides is 2. The topological polar surface area (TPSA) is 77.0 Å². The maximum absolute atomic E-state index is 12.5. The van der Waals surface area contributed by atoms with Crippen molar-refractivity contribution in [1.82, 2.24) is 5.32 Å². The van der Waals surface area contributed by atoms with Gasteiger partial charge in [0.15, 0.2) is 11.5 Å². The van der Waals surface area contributed by atoms with Gasteiger partial charge in [0, 0.05) is 23.3 Å². The van der Waals surface area contributed by atoms with E-state index in [1.165, 1.54) is 14.2 Å².